The Morgan fingerprint density at radius 1 is 1.03 bits per heavy atom. The molecule has 0 bridgehead atoms. The third-order valence-electron chi connectivity index (χ3n) is 6.25. The van der Waals surface area contributed by atoms with E-state index in [-0.39, 0.29) is 5.92 Å². The number of aliphatic carboxylic acids is 1. The maximum Gasteiger partial charge on any atom is 0.331 e. The molecule has 0 amide bonds. The first-order valence-electron chi connectivity index (χ1n) is 11.5. The van der Waals surface area contributed by atoms with Crippen LogP contribution in [0.1, 0.15) is 82.3 Å². The van der Waals surface area contributed by atoms with E-state index in [2.05, 4.69) is 41.2 Å². The zero-order valence-electron chi connectivity index (χ0n) is 18.3. The molecule has 0 aliphatic heterocycles. The molecule has 1 heterocycles. The van der Waals surface area contributed by atoms with Gasteiger partial charge in [0, 0.05) is 23.5 Å². The Morgan fingerprint density at radius 3 is 2.27 bits per heavy atom. The number of unbranched alkanes of at least 4 members (excludes halogenated alkanes) is 2. The molecule has 2 aromatic rings. The second kappa shape index (κ2) is 11.1. The number of hydrogen-bond donors (Lipinski definition) is 1. The van der Waals surface area contributed by atoms with Gasteiger partial charge in [-0.2, -0.15) is 0 Å². The molecule has 1 aliphatic rings. The number of rotatable bonds is 9. The lowest BCUT2D eigenvalue weighted by atomic mass is 9.75. The van der Waals surface area contributed by atoms with Gasteiger partial charge in [-0.1, -0.05) is 57.0 Å². The highest BCUT2D eigenvalue weighted by molar-refractivity contribution is 5.87. The summed E-state index contributed by atoms with van der Waals surface area (Å²) in [6, 6.07) is 8.62. The Bertz CT molecular complexity index is 832. The fraction of sp³-hybridized carbons (Fsp3) is 0.500. The largest absolute Gasteiger partial charge is 0.478 e. The summed E-state index contributed by atoms with van der Waals surface area (Å²) in [4.78, 5) is 20.6. The molecule has 1 aromatic heterocycles. The highest BCUT2D eigenvalue weighted by Crippen LogP contribution is 2.39. The molecule has 0 spiro atoms. The third kappa shape index (κ3) is 5.78. The number of carboxylic acid groups (broad SMARTS) is 1. The van der Waals surface area contributed by atoms with Crippen LogP contribution in [0.5, 0.6) is 0 Å². The van der Waals surface area contributed by atoms with E-state index in [0.29, 0.717) is 11.5 Å². The van der Waals surface area contributed by atoms with Gasteiger partial charge in [0.15, 0.2) is 5.82 Å². The number of carbonyl (C=O) groups is 1. The molecule has 0 unspecified atom stereocenters. The SMILES string of the molecule is CCC=C(C(=O)O)C1CCC(c2ccc(-c3ncc(CCCCC)cn3)cc2)CC1. The van der Waals surface area contributed by atoms with Crippen molar-refractivity contribution in [1.82, 2.24) is 9.97 Å². The molecular weight excluding hydrogens is 372 g/mol. The van der Waals surface area contributed by atoms with Crippen molar-refractivity contribution in [3.63, 3.8) is 0 Å². The van der Waals surface area contributed by atoms with Crippen molar-refractivity contribution in [3.05, 3.63) is 59.4 Å². The van der Waals surface area contributed by atoms with Crippen molar-refractivity contribution < 1.29 is 9.90 Å². The first-order chi connectivity index (χ1) is 14.6. The van der Waals surface area contributed by atoms with Gasteiger partial charge >= 0.3 is 5.97 Å². The topological polar surface area (TPSA) is 63.1 Å². The van der Waals surface area contributed by atoms with Crippen LogP contribution in [0.2, 0.25) is 0 Å². The van der Waals surface area contributed by atoms with Gasteiger partial charge in [0.2, 0.25) is 0 Å². The quantitative estimate of drug-likeness (QED) is 0.378. The second-order valence-corrected chi connectivity index (χ2v) is 8.42. The van der Waals surface area contributed by atoms with Gasteiger partial charge in [-0.25, -0.2) is 14.8 Å². The van der Waals surface area contributed by atoms with E-state index in [9.17, 15) is 9.90 Å². The van der Waals surface area contributed by atoms with Crippen molar-refractivity contribution >= 4 is 5.97 Å². The van der Waals surface area contributed by atoms with Crippen molar-refractivity contribution in [2.45, 2.75) is 77.6 Å². The van der Waals surface area contributed by atoms with Gasteiger partial charge in [0.05, 0.1) is 0 Å². The molecule has 1 fully saturated rings. The highest BCUT2D eigenvalue weighted by Gasteiger charge is 2.27. The van der Waals surface area contributed by atoms with Gasteiger partial charge in [-0.05, 0) is 67.9 Å². The van der Waals surface area contributed by atoms with Gasteiger partial charge in [-0.15, -0.1) is 0 Å². The van der Waals surface area contributed by atoms with E-state index in [1.165, 1.54) is 30.4 Å². The lowest BCUT2D eigenvalue weighted by Crippen LogP contribution is -2.19. The lowest BCUT2D eigenvalue weighted by Gasteiger charge is -2.29. The molecular formula is C26H34N2O2. The molecule has 4 nitrogen and oxygen atoms in total. The average molecular weight is 407 g/mol. The van der Waals surface area contributed by atoms with Crippen molar-refractivity contribution in [3.8, 4) is 11.4 Å². The Balaban J connectivity index is 1.59. The van der Waals surface area contributed by atoms with Crippen molar-refractivity contribution in [2.24, 2.45) is 5.92 Å². The van der Waals surface area contributed by atoms with Crippen LogP contribution in [0.4, 0.5) is 0 Å². The van der Waals surface area contributed by atoms with E-state index < -0.39 is 5.97 Å². The third-order valence-corrected chi connectivity index (χ3v) is 6.25. The van der Waals surface area contributed by atoms with Crippen molar-refractivity contribution in [2.75, 3.05) is 0 Å². The number of carboxylic acids is 1. The van der Waals surface area contributed by atoms with E-state index in [4.69, 9.17) is 0 Å². The molecule has 0 saturated heterocycles. The van der Waals surface area contributed by atoms with E-state index >= 15 is 0 Å². The Kier molecular flexibility index (Phi) is 8.18. The maximum absolute atomic E-state index is 11.5. The molecule has 3 rings (SSSR count). The monoisotopic (exact) mass is 406 g/mol. The van der Waals surface area contributed by atoms with Crippen LogP contribution in [-0.2, 0) is 11.2 Å². The van der Waals surface area contributed by atoms with Crippen LogP contribution in [0.15, 0.2) is 48.3 Å². The number of aryl methyl sites for hydroxylation is 1. The summed E-state index contributed by atoms with van der Waals surface area (Å²) in [5.41, 5.74) is 4.20. The van der Waals surface area contributed by atoms with Gasteiger partial charge in [0.25, 0.3) is 0 Å². The molecule has 160 valence electrons. The van der Waals surface area contributed by atoms with E-state index in [1.54, 1.807) is 0 Å². The standard InChI is InChI=1S/C26H34N2O2/c1-3-5-6-8-19-17-27-25(28-18-19)23-15-11-21(12-16-23)20-9-13-22(14-10-20)24(7-4-2)26(29)30/h7,11-12,15-18,20,22H,3-6,8-10,13-14H2,1-2H3,(H,29,30). The lowest BCUT2D eigenvalue weighted by molar-refractivity contribution is -0.133. The fourth-order valence-corrected chi connectivity index (χ4v) is 4.50. The number of benzene rings is 1. The minimum absolute atomic E-state index is 0.196. The highest BCUT2D eigenvalue weighted by atomic mass is 16.4. The normalized spacial score (nSPS) is 19.6. The first-order valence-corrected chi connectivity index (χ1v) is 11.5. The van der Waals surface area contributed by atoms with Crippen LogP contribution >= 0.6 is 0 Å². The summed E-state index contributed by atoms with van der Waals surface area (Å²) in [7, 11) is 0. The first kappa shape index (κ1) is 22.2. The summed E-state index contributed by atoms with van der Waals surface area (Å²) < 4.78 is 0. The molecule has 0 atom stereocenters. The molecule has 0 radical (unpaired) electrons. The van der Waals surface area contributed by atoms with Crippen LogP contribution in [0, 0.1) is 5.92 Å². The fourth-order valence-electron chi connectivity index (χ4n) is 4.50. The average Bonchev–Trinajstić information content (AvgIpc) is 2.78. The summed E-state index contributed by atoms with van der Waals surface area (Å²) >= 11 is 0. The van der Waals surface area contributed by atoms with Crippen molar-refractivity contribution in [1.29, 1.82) is 0 Å². The molecule has 1 aromatic carbocycles. The molecule has 4 heteroatoms. The maximum atomic E-state index is 11.5. The van der Waals surface area contributed by atoms with E-state index in [1.807, 2.05) is 25.4 Å². The van der Waals surface area contributed by atoms with Crippen LogP contribution in [0.3, 0.4) is 0 Å². The molecule has 1 aliphatic carbocycles. The molecule has 1 saturated carbocycles. The van der Waals surface area contributed by atoms with Gasteiger partial charge in [0.1, 0.15) is 0 Å². The van der Waals surface area contributed by atoms with Crippen LogP contribution < -0.4 is 0 Å². The van der Waals surface area contributed by atoms with Gasteiger partial charge in [-0.3, -0.25) is 0 Å². The van der Waals surface area contributed by atoms with Crippen LogP contribution in [-0.4, -0.2) is 21.0 Å². The van der Waals surface area contributed by atoms with Gasteiger partial charge < -0.3 is 5.11 Å². The zero-order valence-corrected chi connectivity index (χ0v) is 18.3. The number of nitrogens with zero attached hydrogens (tertiary/aromatic N) is 2. The predicted molar refractivity (Wildman–Crippen MR) is 121 cm³/mol. The number of allylic oxidation sites excluding steroid dienone is 1. The number of aromatic nitrogens is 2. The summed E-state index contributed by atoms with van der Waals surface area (Å²) in [6.45, 7) is 4.21. The Morgan fingerprint density at radius 2 is 1.70 bits per heavy atom. The number of hydrogen-bond acceptors (Lipinski definition) is 3. The summed E-state index contributed by atoms with van der Waals surface area (Å²) in [6.07, 6.45) is 15.3. The molecule has 1 N–H and O–H groups in total. The van der Waals surface area contributed by atoms with Crippen LogP contribution in [0.25, 0.3) is 11.4 Å². The zero-order chi connectivity index (χ0) is 21.3. The van der Waals surface area contributed by atoms with E-state index in [0.717, 1.165) is 49.9 Å². The Hall–Kier alpha value is -2.49. The minimum atomic E-state index is -0.749. The minimum Gasteiger partial charge on any atom is -0.478 e. The Labute approximate surface area is 180 Å². The smallest absolute Gasteiger partial charge is 0.331 e. The summed E-state index contributed by atoms with van der Waals surface area (Å²) in [5, 5.41) is 9.47. The summed E-state index contributed by atoms with van der Waals surface area (Å²) in [5.74, 6) is 0.734. The predicted octanol–water partition coefficient (Wildman–Crippen LogP) is 6.57. The second-order valence-electron chi connectivity index (χ2n) is 8.42. The molecule has 30 heavy (non-hydrogen) atoms.